The van der Waals surface area contributed by atoms with Crippen molar-refractivity contribution < 1.29 is 13.5 Å². The third-order valence-corrected chi connectivity index (χ3v) is 7.15. The molecule has 1 saturated carbocycles. The highest BCUT2D eigenvalue weighted by molar-refractivity contribution is 5.93. The first-order chi connectivity index (χ1) is 16.5. The summed E-state index contributed by atoms with van der Waals surface area (Å²) in [6, 6.07) is 5.93. The zero-order chi connectivity index (χ0) is 24.1. The van der Waals surface area contributed by atoms with Gasteiger partial charge in [-0.1, -0.05) is 57.8 Å². The first kappa shape index (κ1) is 24.6. The van der Waals surface area contributed by atoms with Crippen molar-refractivity contribution >= 4 is 22.0 Å². The van der Waals surface area contributed by atoms with Gasteiger partial charge in [0.05, 0.1) is 12.3 Å². The molecule has 34 heavy (non-hydrogen) atoms. The molecule has 1 aromatic carbocycles. The minimum Gasteiger partial charge on any atom is -0.491 e. The van der Waals surface area contributed by atoms with E-state index in [2.05, 4.69) is 32.9 Å². The Hall–Kier alpha value is -2.49. The van der Waals surface area contributed by atoms with E-state index in [1.54, 1.807) is 12.2 Å². The monoisotopic (exact) mass is 465 g/mol. The van der Waals surface area contributed by atoms with Gasteiger partial charge in [-0.3, -0.25) is 0 Å². The second-order valence-electron chi connectivity index (χ2n) is 9.73. The molecular weight excluding hydrogens is 428 g/mol. The molecule has 2 aromatic rings. The number of halogens is 2. The van der Waals surface area contributed by atoms with Crippen molar-refractivity contribution in [3.63, 3.8) is 0 Å². The number of pyridine rings is 1. The molecule has 1 aromatic heterocycles. The summed E-state index contributed by atoms with van der Waals surface area (Å²) < 4.78 is 35.4. The molecule has 2 unspecified atom stereocenters. The molecule has 0 bridgehead atoms. The molecule has 1 fully saturated rings. The number of hydrogen-bond donors (Lipinski definition) is 0. The average molecular weight is 466 g/mol. The molecule has 0 amide bonds. The summed E-state index contributed by atoms with van der Waals surface area (Å²) in [5.74, 6) is 1.21. The highest BCUT2D eigenvalue weighted by Gasteiger charge is 2.27. The first-order valence-electron chi connectivity index (χ1n) is 13.0. The lowest BCUT2D eigenvalue weighted by molar-refractivity contribution is 0.210. The number of hydrogen-bond acceptors (Lipinski definition) is 2. The molecule has 2 atom stereocenters. The van der Waals surface area contributed by atoms with E-state index in [0.717, 1.165) is 41.4 Å². The minimum absolute atomic E-state index is 0.361. The number of allylic oxidation sites excluding steroid dienone is 6. The SMILES string of the molecule is CCC/C=C(\CC)c1cc(C)c2cc(C3=CC=CC(F)C3F)cc(OCC3CCCCC3)c2n1. The second-order valence-corrected chi connectivity index (χ2v) is 9.73. The molecule has 0 saturated heterocycles. The summed E-state index contributed by atoms with van der Waals surface area (Å²) in [7, 11) is 0. The van der Waals surface area contributed by atoms with Gasteiger partial charge in [-0.2, -0.15) is 0 Å². The molecule has 1 heterocycles. The molecule has 2 nitrogen and oxygen atoms in total. The smallest absolute Gasteiger partial charge is 0.160 e. The molecule has 4 rings (SSSR count). The maximum absolute atomic E-state index is 14.8. The lowest BCUT2D eigenvalue weighted by Gasteiger charge is -2.23. The van der Waals surface area contributed by atoms with E-state index in [-0.39, 0.29) is 0 Å². The summed E-state index contributed by atoms with van der Waals surface area (Å²) in [6.45, 7) is 7.04. The standard InChI is InChI=1S/C30H37F2NO/c1-4-6-13-22(5-2)27-16-20(3)25-17-23(24-14-10-15-26(31)29(24)32)18-28(30(25)33-27)34-19-21-11-8-7-9-12-21/h10,13-18,21,26,29H,4-9,11-12,19H2,1-3H3/b22-13+. The van der Waals surface area contributed by atoms with Crippen LogP contribution in [-0.4, -0.2) is 23.9 Å². The fourth-order valence-corrected chi connectivity index (χ4v) is 5.09. The van der Waals surface area contributed by atoms with Gasteiger partial charge < -0.3 is 4.74 Å². The number of rotatable bonds is 8. The van der Waals surface area contributed by atoms with Crippen LogP contribution < -0.4 is 4.74 Å². The lowest BCUT2D eigenvalue weighted by Crippen LogP contribution is -2.19. The van der Waals surface area contributed by atoms with E-state index in [4.69, 9.17) is 9.72 Å². The predicted molar refractivity (Wildman–Crippen MR) is 139 cm³/mol. The van der Waals surface area contributed by atoms with Crippen LogP contribution in [0.4, 0.5) is 8.78 Å². The maximum Gasteiger partial charge on any atom is 0.160 e. The number of nitrogens with zero attached hydrogens (tertiary/aromatic N) is 1. The van der Waals surface area contributed by atoms with Crippen molar-refractivity contribution in [3.8, 4) is 5.75 Å². The van der Waals surface area contributed by atoms with Crippen LogP contribution >= 0.6 is 0 Å². The third kappa shape index (κ3) is 5.42. The normalized spacial score (nSPS) is 21.7. The van der Waals surface area contributed by atoms with Crippen molar-refractivity contribution in [2.45, 2.75) is 84.5 Å². The summed E-state index contributed by atoms with van der Waals surface area (Å²) in [5.41, 5.74) is 5.12. The molecule has 4 heteroatoms. The van der Waals surface area contributed by atoms with Gasteiger partial charge in [0.25, 0.3) is 0 Å². The van der Waals surface area contributed by atoms with Crippen LogP contribution in [0.25, 0.3) is 22.0 Å². The number of aromatic nitrogens is 1. The van der Waals surface area contributed by atoms with E-state index < -0.39 is 12.3 Å². The Morgan fingerprint density at radius 3 is 2.65 bits per heavy atom. The largest absolute Gasteiger partial charge is 0.491 e. The zero-order valence-electron chi connectivity index (χ0n) is 20.7. The number of aryl methyl sites for hydroxylation is 1. The van der Waals surface area contributed by atoms with Gasteiger partial charge in [-0.25, -0.2) is 13.8 Å². The van der Waals surface area contributed by atoms with Gasteiger partial charge in [0.2, 0.25) is 0 Å². The molecule has 2 aliphatic rings. The Bertz CT molecular complexity index is 1090. The average Bonchev–Trinajstić information content (AvgIpc) is 2.85. The molecule has 0 aliphatic heterocycles. The van der Waals surface area contributed by atoms with Crippen LogP contribution in [0.1, 0.15) is 82.0 Å². The van der Waals surface area contributed by atoms with Crippen LogP contribution in [0, 0.1) is 12.8 Å². The van der Waals surface area contributed by atoms with Gasteiger partial charge in [-0.15, -0.1) is 0 Å². The Morgan fingerprint density at radius 1 is 1.12 bits per heavy atom. The van der Waals surface area contributed by atoms with Crippen LogP contribution in [0.5, 0.6) is 5.75 Å². The Morgan fingerprint density at radius 2 is 1.91 bits per heavy atom. The first-order valence-corrected chi connectivity index (χ1v) is 13.0. The highest BCUT2D eigenvalue weighted by Crippen LogP contribution is 2.37. The number of benzene rings is 1. The van der Waals surface area contributed by atoms with Gasteiger partial charge in [0.15, 0.2) is 12.3 Å². The number of alkyl halides is 2. The van der Waals surface area contributed by atoms with Gasteiger partial charge in [0, 0.05) is 5.39 Å². The van der Waals surface area contributed by atoms with Crippen LogP contribution in [0.3, 0.4) is 0 Å². The fraction of sp³-hybridized carbons (Fsp3) is 0.500. The van der Waals surface area contributed by atoms with Crippen molar-refractivity contribution in [2.24, 2.45) is 5.92 Å². The van der Waals surface area contributed by atoms with Gasteiger partial charge in [0.1, 0.15) is 11.3 Å². The Balaban J connectivity index is 1.80. The van der Waals surface area contributed by atoms with E-state index in [0.29, 0.717) is 29.4 Å². The van der Waals surface area contributed by atoms with Crippen molar-refractivity contribution in [1.29, 1.82) is 0 Å². The topological polar surface area (TPSA) is 22.1 Å². The van der Waals surface area contributed by atoms with Crippen LogP contribution in [0.15, 0.2) is 42.5 Å². The van der Waals surface area contributed by atoms with Gasteiger partial charge in [-0.05, 0) is 85.1 Å². The second kappa shape index (κ2) is 11.3. The summed E-state index contributed by atoms with van der Waals surface area (Å²) in [5, 5.41) is 0.934. The number of ether oxygens (including phenoxy) is 1. The van der Waals surface area contributed by atoms with E-state index in [1.807, 2.05) is 12.1 Å². The molecule has 2 aliphatic carbocycles. The van der Waals surface area contributed by atoms with Gasteiger partial charge >= 0.3 is 0 Å². The fourth-order valence-electron chi connectivity index (χ4n) is 5.09. The van der Waals surface area contributed by atoms with E-state index in [9.17, 15) is 8.78 Å². The van der Waals surface area contributed by atoms with Crippen LogP contribution in [-0.2, 0) is 0 Å². The van der Waals surface area contributed by atoms with Crippen molar-refractivity contribution in [2.75, 3.05) is 6.61 Å². The quantitative estimate of drug-likeness (QED) is 0.389. The molecule has 0 spiro atoms. The van der Waals surface area contributed by atoms with Crippen LogP contribution in [0.2, 0.25) is 0 Å². The Kier molecular flexibility index (Phi) is 8.18. The summed E-state index contributed by atoms with van der Waals surface area (Å²) in [6.07, 6.45) is 12.7. The number of fused-ring (bicyclic) bond motifs is 1. The van der Waals surface area contributed by atoms with Crippen molar-refractivity contribution in [3.05, 3.63) is 59.3 Å². The van der Waals surface area contributed by atoms with E-state index >= 15 is 0 Å². The third-order valence-electron chi connectivity index (χ3n) is 7.15. The highest BCUT2D eigenvalue weighted by atomic mass is 19.2. The zero-order valence-corrected chi connectivity index (χ0v) is 20.7. The summed E-state index contributed by atoms with van der Waals surface area (Å²) in [4.78, 5) is 5.05. The summed E-state index contributed by atoms with van der Waals surface area (Å²) >= 11 is 0. The minimum atomic E-state index is -1.68. The molecule has 0 N–H and O–H groups in total. The van der Waals surface area contributed by atoms with Crippen molar-refractivity contribution in [1.82, 2.24) is 4.98 Å². The maximum atomic E-state index is 14.8. The Labute approximate surface area is 202 Å². The molecule has 182 valence electrons. The molecular formula is C30H37F2NO. The lowest BCUT2D eigenvalue weighted by atomic mass is 9.90. The van der Waals surface area contributed by atoms with E-state index in [1.165, 1.54) is 43.8 Å². The number of unbranched alkanes of at least 4 members (excludes halogenated alkanes) is 1. The predicted octanol–water partition coefficient (Wildman–Crippen LogP) is 8.73. The molecule has 0 radical (unpaired) electrons.